The van der Waals surface area contributed by atoms with Crippen molar-refractivity contribution < 1.29 is 32.2 Å². The molecule has 1 spiro atoms. The fraction of sp³-hybridized carbons (Fsp3) is 0.526. The molecule has 0 radical (unpaired) electrons. The highest BCUT2D eigenvalue weighted by Crippen LogP contribution is 2.53. The summed E-state index contributed by atoms with van der Waals surface area (Å²) in [6.45, 7) is 8.09. The van der Waals surface area contributed by atoms with Gasteiger partial charge in [-0.15, -0.1) is 0 Å². The molecule has 2 aromatic carbocycles. The first kappa shape index (κ1) is 34.3. The van der Waals surface area contributed by atoms with E-state index in [1.807, 2.05) is 33.8 Å². The maximum Gasteiger partial charge on any atom is 0.422 e. The number of halogens is 4. The van der Waals surface area contributed by atoms with Gasteiger partial charge in [0.1, 0.15) is 17.5 Å². The second kappa shape index (κ2) is 12.5. The van der Waals surface area contributed by atoms with Gasteiger partial charge in [0.05, 0.1) is 17.8 Å². The number of hydrogen-bond donors (Lipinski definition) is 2. The molecule has 4 aliphatic heterocycles. The van der Waals surface area contributed by atoms with E-state index in [1.54, 1.807) is 6.20 Å². The van der Waals surface area contributed by atoms with Gasteiger partial charge in [-0.25, -0.2) is 9.37 Å². The van der Waals surface area contributed by atoms with Crippen molar-refractivity contribution in [2.24, 2.45) is 5.41 Å². The number of benzene rings is 2. The zero-order valence-corrected chi connectivity index (χ0v) is 29.5. The molecule has 0 bridgehead atoms. The first-order chi connectivity index (χ1) is 25.4. The largest absolute Gasteiger partial charge is 0.481 e. The number of alkyl halides is 4. The number of nitrogens with zero attached hydrogens (tertiary/aromatic N) is 7. The van der Waals surface area contributed by atoms with Gasteiger partial charge in [0.25, 0.3) is 0 Å². The minimum atomic E-state index is -4.60. The van der Waals surface area contributed by atoms with Crippen molar-refractivity contribution in [1.82, 2.24) is 30.0 Å². The molecule has 6 heterocycles. The van der Waals surface area contributed by atoms with Crippen LogP contribution >= 0.6 is 0 Å². The van der Waals surface area contributed by atoms with Crippen LogP contribution in [-0.4, -0.2) is 124 Å². The molecule has 1 aliphatic carbocycles. The van der Waals surface area contributed by atoms with E-state index in [-0.39, 0.29) is 42.1 Å². The smallest absolute Gasteiger partial charge is 0.422 e. The summed E-state index contributed by atoms with van der Waals surface area (Å²) in [5.74, 6) is 1.15. The number of likely N-dealkylation sites (tertiary alicyclic amines) is 2. The maximum atomic E-state index is 14.2. The Bertz CT molecular complexity index is 2090. The number of aliphatic hydroxyl groups excluding tert-OH is 1. The maximum absolute atomic E-state index is 14.2. The molecule has 2 N–H and O–H groups in total. The molecule has 4 aromatic rings. The highest BCUT2D eigenvalue weighted by atomic mass is 19.4. The van der Waals surface area contributed by atoms with Crippen molar-refractivity contribution in [3.63, 3.8) is 0 Å². The van der Waals surface area contributed by atoms with Crippen LogP contribution in [0.5, 0.6) is 5.75 Å². The highest BCUT2D eigenvalue weighted by molar-refractivity contribution is 6.06. The van der Waals surface area contributed by atoms with Gasteiger partial charge >= 0.3 is 6.18 Å². The van der Waals surface area contributed by atoms with Gasteiger partial charge in [0.2, 0.25) is 11.9 Å². The number of amides is 1. The summed E-state index contributed by atoms with van der Waals surface area (Å²) < 4.78 is 62.3. The lowest BCUT2D eigenvalue weighted by molar-refractivity contribution is -0.153. The van der Waals surface area contributed by atoms with Gasteiger partial charge in [0.15, 0.2) is 12.4 Å². The Balaban J connectivity index is 1.18. The van der Waals surface area contributed by atoms with E-state index < -0.39 is 25.1 Å². The second-order valence-electron chi connectivity index (χ2n) is 15.7. The normalized spacial score (nSPS) is 23.5. The lowest BCUT2D eigenvalue weighted by Crippen LogP contribution is -2.61. The van der Waals surface area contributed by atoms with Crippen LogP contribution in [0.25, 0.3) is 32.9 Å². The lowest BCUT2D eigenvalue weighted by atomic mass is 9.72. The van der Waals surface area contributed by atoms with E-state index in [2.05, 4.69) is 27.7 Å². The van der Waals surface area contributed by atoms with Crippen LogP contribution in [0.15, 0.2) is 37.1 Å². The molecular weight excluding hydrogens is 692 g/mol. The number of rotatable bonds is 8. The Morgan fingerprint density at radius 2 is 1.83 bits per heavy atom. The molecule has 5 fully saturated rings. The first-order valence-corrected chi connectivity index (χ1v) is 18.4. The van der Waals surface area contributed by atoms with Crippen LogP contribution in [0.2, 0.25) is 0 Å². The fourth-order valence-electron chi connectivity index (χ4n) is 8.82. The van der Waals surface area contributed by atoms with Gasteiger partial charge < -0.3 is 24.5 Å². The van der Waals surface area contributed by atoms with Gasteiger partial charge in [-0.05, 0) is 73.4 Å². The van der Waals surface area contributed by atoms with Crippen LogP contribution in [0, 0.1) is 12.3 Å². The third-order valence-electron chi connectivity index (χ3n) is 12.0. The quantitative estimate of drug-likeness (QED) is 0.188. The number of nitrogens with one attached hydrogen (secondary N) is 1. The number of carbonyl (C=O) groups is 1. The molecule has 53 heavy (non-hydrogen) atoms. The molecule has 1 saturated carbocycles. The number of carbonyl (C=O) groups excluding carboxylic acids is 1. The van der Waals surface area contributed by atoms with Crippen molar-refractivity contribution in [3.8, 4) is 16.9 Å². The van der Waals surface area contributed by atoms with E-state index in [0.29, 0.717) is 67.5 Å². The minimum Gasteiger partial charge on any atom is -0.481 e. The number of anilines is 2. The molecule has 5 aliphatic rings. The topological polar surface area (TPSA) is 114 Å². The number of aryl methyl sites for hydroxylation is 1. The standard InChI is InChI=1S/C38H42F4N8O3/c1-3-30(52)50-18-37(19-50)8-10-47(11-9-37)35-25-12-24(22-5-6-22)32(31-21(2)4-7-28-26(31)13-43-46-28)34(53-20-38(40,41)42)33(25)44-36(45-35)49-14-23(15-49)48-16-27(39)29(51)17-48/h3-4,7,12-13,22-23,27,29,51H,1,5-6,8-11,14-20H2,2H3,(H,43,46)/t27-,29+/m0/s1. The number of H-pyrrole nitrogens is 1. The SMILES string of the molecule is C=CC(=O)N1CC2(CCN(c3nc(N4CC(N5C[C@@H](O)[C@@H](F)C5)C4)nc4c(OCC(F)(F)F)c(-c5c(C)ccc6[nH]ncc56)c(C5CC5)cc34)CC2)C1. The molecule has 1 amide bonds. The monoisotopic (exact) mass is 734 g/mol. The number of aliphatic hydroxyl groups is 1. The van der Waals surface area contributed by atoms with Crippen LogP contribution in [0.4, 0.5) is 29.3 Å². The zero-order valence-electron chi connectivity index (χ0n) is 29.5. The van der Waals surface area contributed by atoms with Crippen LogP contribution < -0.4 is 14.5 Å². The Morgan fingerprint density at radius 3 is 2.49 bits per heavy atom. The van der Waals surface area contributed by atoms with Crippen molar-refractivity contribution in [1.29, 1.82) is 0 Å². The highest BCUT2D eigenvalue weighted by Gasteiger charge is 2.47. The summed E-state index contributed by atoms with van der Waals surface area (Å²) in [6, 6.07) is 5.91. The Labute approximate surface area is 303 Å². The zero-order chi connectivity index (χ0) is 36.8. The second-order valence-corrected chi connectivity index (χ2v) is 15.7. The molecule has 2 atom stereocenters. The van der Waals surface area contributed by atoms with Gasteiger partial charge in [-0.3, -0.25) is 14.8 Å². The first-order valence-electron chi connectivity index (χ1n) is 18.4. The van der Waals surface area contributed by atoms with E-state index in [4.69, 9.17) is 14.7 Å². The number of β-amino-alcohol motifs (C(OH)–C–C–N with tert-alkyl or cyclic N) is 1. The summed E-state index contributed by atoms with van der Waals surface area (Å²) in [6.07, 6.45) is -0.420. The van der Waals surface area contributed by atoms with Crippen LogP contribution in [0.1, 0.15) is 42.7 Å². The average molecular weight is 735 g/mol. The Morgan fingerprint density at radius 1 is 1.08 bits per heavy atom. The third kappa shape index (κ3) is 6.05. The fourth-order valence-corrected chi connectivity index (χ4v) is 8.82. The van der Waals surface area contributed by atoms with Crippen molar-refractivity contribution in [2.75, 3.05) is 68.8 Å². The molecule has 0 unspecified atom stereocenters. The van der Waals surface area contributed by atoms with E-state index in [9.17, 15) is 27.5 Å². The van der Waals surface area contributed by atoms with Gasteiger partial charge in [0, 0.05) is 80.2 Å². The number of aromatic nitrogens is 4. The van der Waals surface area contributed by atoms with Crippen molar-refractivity contribution in [2.45, 2.75) is 63.0 Å². The number of aromatic amines is 1. The average Bonchev–Trinajstić information content (AvgIpc) is 3.74. The lowest BCUT2D eigenvalue weighted by Gasteiger charge is -2.54. The minimum absolute atomic E-state index is 0.00816. The third-order valence-corrected chi connectivity index (χ3v) is 12.0. The molecule has 15 heteroatoms. The summed E-state index contributed by atoms with van der Waals surface area (Å²) in [5, 5.41) is 18.7. The molecular formula is C38H42F4N8O3. The number of fused-ring (bicyclic) bond motifs is 2. The summed E-state index contributed by atoms with van der Waals surface area (Å²) >= 11 is 0. The van der Waals surface area contributed by atoms with Crippen molar-refractivity contribution in [3.05, 3.63) is 48.2 Å². The molecule has 280 valence electrons. The number of hydrogen-bond acceptors (Lipinski definition) is 9. The Kier molecular flexibility index (Phi) is 8.11. The van der Waals surface area contributed by atoms with E-state index >= 15 is 0 Å². The van der Waals surface area contributed by atoms with Crippen LogP contribution in [0.3, 0.4) is 0 Å². The predicted molar refractivity (Wildman–Crippen MR) is 192 cm³/mol. The molecule has 9 rings (SSSR count). The number of ether oxygens (including phenoxy) is 1. The van der Waals surface area contributed by atoms with Gasteiger partial charge in [-0.1, -0.05) is 12.6 Å². The number of piperidine rings is 1. The molecule has 4 saturated heterocycles. The predicted octanol–water partition coefficient (Wildman–Crippen LogP) is 5.12. The van der Waals surface area contributed by atoms with Crippen molar-refractivity contribution >= 4 is 39.5 Å². The Hall–Kier alpha value is -4.50. The molecule has 11 nitrogen and oxygen atoms in total. The van der Waals surface area contributed by atoms with Gasteiger partial charge in [-0.2, -0.15) is 23.3 Å². The molecule has 2 aromatic heterocycles. The van der Waals surface area contributed by atoms with E-state index in [0.717, 1.165) is 53.3 Å². The van der Waals surface area contributed by atoms with Crippen LogP contribution in [-0.2, 0) is 4.79 Å². The summed E-state index contributed by atoms with van der Waals surface area (Å²) in [5.41, 5.74) is 4.23. The van der Waals surface area contributed by atoms with E-state index in [1.165, 1.54) is 6.08 Å². The summed E-state index contributed by atoms with van der Waals surface area (Å²) in [7, 11) is 0. The summed E-state index contributed by atoms with van der Waals surface area (Å²) in [4.78, 5) is 30.3.